The van der Waals surface area contributed by atoms with Crippen LogP contribution in [-0.4, -0.2) is 56.3 Å². The van der Waals surface area contributed by atoms with E-state index < -0.39 is 36.0 Å². The van der Waals surface area contributed by atoms with Crippen molar-refractivity contribution in [2.75, 3.05) is 0 Å². The molecule has 0 saturated heterocycles. The number of fused-ring (bicyclic) bond motifs is 5. The second-order valence-electron chi connectivity index (χ2n) is 13.6. The average molecular weight is 483 g/mol. The van der Waals surface area contributed by atoms with Crippen molar-refractivity contribution >= 4 is 5.78 Å². The molecule has 0 unspecified atom stereocenters. The molecule has 0 aromatic carbocycles. The number of carbonyl (C=O) groups is 1. The molecule has 4 aliphatic rings. The van der Waals surface area contributed by atoms with Gasteiger partial charge >= 0.3 is 0 Å². The topological polar surface area (TPSA) is 98.0 Å². The highest BCUT2D eigenvalue weighted by atomic mass is 19.1. The number of rotatable bonds is 5. The Morgan fingerprint density at radius 1 is 0.971 bits per heavy atom. The zero-order chi connectivity index (χ0) is 25.4. The van der Waals surface area contributed by atoms with Gasteiger partial charge in [0.05, 0.1) is 24.4 Å². The molecule has 4 N–H and O–H groups in total. The molecule has 0 aromatic heterocycles. The van der Waals surface area contributed by atoms with Crippen LogP contribution in [0, 0.1) is 52.3 Å². The van der Waals surface area contributed by atoms with E-state index in [4.69, 9.17) is 0 Å². The molecular weight excluding hydrogens is 435 g/mol. The largest absolute Gasteiger partial charge is 0.390 e. The van der Waals surface area contributed by atoms with Crippen molar-refractivity contribution in [3.63, 3.8) is 0 Å². The highest BCUT2D eigenvalue weighted by molar-refractivity contribution is 5.83. The summed E-state index contributed by atoms with van der Waals surface area (Å²) in [4.78, 5) is 13.3. The average Bonchev–Trinajstić information content (AvgIpc) is 3.10. The van der Waals surface area contributed by atoms with Crippen LogP contribution in [0.4, 0.5) is 4.39 Å². The molecule has 6 heteroatoms. The van der Waals surface area contributed by atoms with Gasteiger partial charge in [0.2, 0.25) is 0 Å². The second kappa shape index (κ2) is 8.78. The van der Waals surface area contributed by atoms with Crippen LogP contribution in [0.25, 0.3) is 0 Å². The quantitative estimate of drug-likeness (QED) is 0.477. The third-order valence-electron chi connectivity index (χ3n) is 11.7. The molecule has 196 valence electrons. The summed E-state index contributed by atoms with van der Waals surface area (Å²) in [7, 11) is 0. The van der Waals surface area contributed by atoms with E-state index in [1.165, 1.54) is 13.8 Å². The summed E-state index contributed by atoms with van der Waals surface area (Å²) in [5.74, 6) is 0.416. The van der Waals surface area contributed by atoms with Gasteiger partial charge in [-0.2, -0.15) is 0 Å². The number of ketones is 1. The maximum Gasteiger partial charge on any atom is 0.136 e. The molecule has 5 nitrogen and oxygen atoms in total. The summed E-state index contributed by atoms with van der Waals surface area (Å²) in [5.41, 5.74) is -1.89. The first-order valence-electron chi connectivity index (χ1n) is 13.6. The smallest absolute Gasteiger partial charge is 0.136 e. The minimum absolute atomic E-state index is 0.0357. The maximum absolute atomic E-state index is 14.5. The van der Waals surface area contributed by atoms with Gasteiger partial charge in [0.15, 0.2) is 0 Å². The first kappa shape index (κ1) is 26.5. The Bertz CT molecular complexity index is 781. The van der Waals surface area contributed by atoms with E-state index in [1.54, 1.807) is 6.92 Å². The fourth-order valence-corrected chi connectivity index (χ4v) is 9.23. The Morgan fingerprint density at radius 3 is 2.21 bits per heavy atom. The molecule has 4 fully saturated rings. The van der Waals surface area contributed by atoms with E-state index in [9.17, 15) is 29.6 Å². The molecule has 0 heterocycles. The number of aliphatic hydroxyl groups excluding tert-OH is 4. The van der Waals surface area contributed by atoms with E-state index in [0.29, 0.717) is 31.1 Å². The van der Waals surface area contributed by atoms with Gasteiger partial charge < -0.3 is 20.4 Å². The molecule has 4 saturated carbocycles. The standard InChI is InChI=1S/C28H47FO5/c1-14(24(33)25(34)15(2)26(3,4)29)17-7-8-18-16-11-21(30)20-12-22(31)23(32)13-28(20,6)19(16)9-10-27(17,18)5/h14-20,22-25,31-34H,7-13H2,1-6H3/t14-,15-,16-,17+,18-,19-,20+,22-,23+,24+,25+,27+,28+/m0/s1. The monoisotopic (exact) mass is 482 g/mol. The van der Waals surface area contributed by atoms with Crippen molar-refractivity contribution < 1.29 is 29.6 Å². The Balaban J connectivity index is 1.55. The van der Waals surface area contributed by atoms with Gasteiger partial charge in [0.25, 0.3) is 0 Å². The Kier molecular flexibility index (Phi) is 6.84. The second-order valence-corrected chi connectivity index (χ2v) is 13.6. The molecule has 0 amide bonds. The Hall–Kier alpha value is -0.560. The minimum Gasteiger partial charge on any atom is -0.390 e. The van der Waals surface area contributed by atoms with E-state index >= 15 is 0 Å². The lowest BCUT2D eigenvalue weighted by Gasteiger charge is -2.61. The summed E-state index contributed by atoms with van der Waals surface area (Å²) in [5, 5.41) is 42.6. The van der Waals surface area contributed by atoms with Crippen LogP contribution in [0.5, 0.6) is 0 Å². The summed E-state index contributed by atoms with van der Waals surface area (Å²) >= 11 is 0. The Labute approximate surface area is 204 Å². The van der Waals surface area contributed by atoms with Crippen LogP contribution >= 0.6 is 0 Å². The number of carbonyl (C=O) groups excluding carboxylic acids is 1. The molecule has 0 aliphatic heterocycles. The van der Waals surface area contributed by atoms with Crippen molar-refractivity contribution in [2.45, 2.75) is 117 Å². The predicted octanol–water partition coefficient (Wildman–Crippen LogP) is 3.90. The number of aliphatic hydroxyl groups is 4. The zero-order valence-corrected chi connectivity index (χ0v) is 21.9. The fraction of sp³-hybridized carbons (Fsp3) is 0.964. The molecule has 13 atom stereocenters. The molecule has 0 spiro atoms. The van der Waals surface area contributed by atoms with Crippen molar-refractivity contribution in [1.82, 2.24) is 0 Å². The van der Waals surface area contributed by atoms with Gasteiger partial charge in [-0.05, 0) is 92.8 Å². The lowest BCUT2D eigenvalue weighted by molar-refractivity contribution is -0.175. The van der Waals surface area contributed by atoms with Gasteiger partial charge in [-0.1, -0.05) is 27.7 Å². The van der Waals surface area contributed by atoms with Crippen LogP contribution in [0.1, 0.15) is 86.5 Å². The van der Waals surface area contributed by atoms with Gasteiger partial charge in [-0.3, -0.25) is 4.79 Å². The third-order valence-corrected chi connectivity index (χ3v) is 11.7. The van der Waals surface area contributed by atoms with Crippen molar-refractivity contribution in [3.05, 3.63) is 0 Å². The number of hydrogen-bond acceptors (Lipinski definition) is 5. The van der Waals surface area contributed by atoms with Crippen LogP contribution < -0.4 is 0 Å². The number of alkyl halides is 1. The zero-order valence-electron chi connectivity index (χ0n) is 21.9. The van der Waals surface area contributed by atoms with E-state index in [1.807, 2.05) is 6.92 Å². The summed E-state index contributed by atoms with van der Waals surface area (Å²) in [6.45, 7) is 11.0. The maximum atomic E-state index is 14.5. The highest BCUT2D eigenvalue weighted by Crippen LogP contribution is 2.67. The summed E-state index contributed by atoms with van der Waals surface area (Å²) in [6, 6.07) is 0. The van der Waals surface area contributed by atoms with E-state index in [-0.39, 0.29) is 40.3 Å². The molecule has 0 aromatic rings. The SMILES string of the molecule is C[C@H]([C@@H](O)[C@H](O)[C@H](C)C(C)(C)F)[C@H]1CC[C@H]2[C@@H]3CC(=O)[C@H]4C[C@H](O)[C@H](O)C[C@]4(C)[C@H]3CC[C@]12C. The van der Waals surface area contributed by atoms with Crippen LogP contribution in [0.2, 0.25) is 0 Å². The fourth-order valence-electron chi connectivity index (χ4n) is 9.23. The number of halogens is 1. The number of Topliss-reactive ketones (excluding diaryl/α,β-unsaturated/α-hetero) is 1. The van der Waals surface area contributed by atoms with E-state index in [0.717, 1.165) is 25.7 Å². The molecule has 0 radical (unpaired) electrons. The summed E-state index contributed by atoms with van der Waals surface area (Å²) in [6.07, 6.45) is 1.63. The van der Waals surface area contributed by atoms with Crippen LogP contribution in [-0.2, 0) is 4.79 Å². The first-order valence-corrected chi connectivity index (χ1v) is 13.6. The highest BCUT2D eigenvalue weighted by Gasteiger charge is 2.63. The lowest BCUT2D eigenvalue weighted by Crippen LogP contribution is -2.59. The van der Waals surface area contributed by atoms with Gasteiger partial charge in [0, 0.05) is 18.3 Å². The first-order chi connectivity index (χ1) is 15.6. The van der Waals surface area contributed by atoms with Gasteiger partial charge in [0.1, 0.15) is 11.5 Å². The Morgan fingerprint density at radius 2 is 1.59 bits per heavy atom. The van der Waals surface area contributed by atoms with Gasteiger partial charge in [-0.25, -0.2) is 4.39 Å². The van der Waals surface area contributed by atoms with Crippen molar-refractivity contribution in [1.29, 1.82) is 0 Å². The predicted molar refractivity (Wildman–Crippen MR) is 129 cm³/mol. The van der Waals surface area contributed by atoms with Gasteiger partial charge in [-0.15, -0.1) is 0 Å². The lowest BCUT2D eigenvalue weighted by atomic mass is 9.44. The normalized spacial score (nSPS) is 48.3. The minimum atomic E-state index is -1.58. The molecule has 4 rings (SSSR count). The van der Waals surface area contributed by atoms with E-state index in [2.05, 4.69) is 13.8 Å². The summed E-state index contributed by atoms with van der Waals surface area (Å²) < 4.78 is 14.5. The number of hydrogen-bond donors (Lipinski definition) is 4. The van der Waals surface area contributed by atoms with Crippen LogP contribution in [0.3, 0.4) is 0 Å². The molecule has 34 heavy (non-hydrogen) atoms. The van der Waals surface area contributed by atoms with Crippen LogP contribution in [0.15, 0.2) is 0 Å². The van der Waals surface area contributed by atoms with Crippen molar-refractivity contribution in [3.8, 4) is 0 Å². The molecule has 0 bridgehead atoms. The van der Waals surface area contributed by atoms with Crippen molar-refractivity contribution in [2.24, 2.45) is 52.3 Å². The third kappa shape index (κ3) is 3.99. The molecular formula is C28H47FO5. The molecule has 4 aliphatic carbocycles.